The Labute approximate surface area is 38.6 Å². The zero-order valence-electron chi connectivity index (χ0n) is 3.94. The van der Waals surface area contributed by atoms with E-state index in [-0.39, 0.29) is 0 Å². The first kappa shape index (κ1) is 3.74. The highest BCUT2D eigenvalue weighted by atomic mass is 14.3. The minimum absolute atomic E-state index is 0.630. The molecule has 0 radical (unpaired) electrons. The molecule has 0 heterocycles. The highest BCUT2D eigenvalue weighted by Gasteiger charge is 2.29. The van der Waals surface area contributed by atoms with Crippen molar-refractivity contribution in [1.29, 1.82) is 0 Å². The molecule has 0 heteroatoms. The molecule has 0 bridgehead atoms. The molecule has 2 atom stereocenters. The molecule has 0 saturated heterocycles. The van der Waals surface area contributed by atoms with Gasteiger partial charge in [-0.25, -0.2) is 0 Å². The van der Waals surface area contributed by atoms with Crippen molar-refractivity contribution in [2.24, 2.45) is 11.8 Å². The molecular formula is C6H8. The van der Waals surface area contributed by atoms with Crippen molar-refractivity contribution in [2.75, 3.05) is 0 Å². The van der Waals surface area contributed by atoms with E-state index in [0.29, 0.717) is 5.92 Å². The summed E-state index contributed by atoms with van der Waals surface area (Å²) in [4.78, 5) is 0. The third kappa shape index (κ3) is 0.408. The van der Waals surface area contributed by atoms with Crippen molar-refractivity contribution in [1.82, 2.24) is 0 Å². The third-order valence-corrected chi connectivity index (χ3v) is 1.32. The largest absolute Gasteiger partial charge is 0.120 e. The fourth-order valence-electron chi connectivity index (χ4n) is 0.554. The van der Waals surface area contributed by atoms with Crippen LogP contribution >= 0.6 is 0 Å². The van der Waals surface area contributed by atoms with Crippen molar-refractivity contribution < 1.29 is 0 Å². The molecule has 0 nitrogen and oxygen atoms in total. The molecule has 1 aliphatic carbocycles. The Balaban J connectivity index is 2.31. The Morgan fingerprint density at radius 3 is 2.33 bits per heavy atom. The molecule has 0 aromatic heterocycles. The average Bonchev–Trinajstić information content (AvgIpc) is 2.19. The summed E-state index contributed by atoms with van der Waals surface area (Å²) in [5.41, 5.74) is 0. The van der Waals surface area contributed by atoms with Crippen molar-refractivity contribution in [3.63, 3.8) is 0 Å². The van der Waals surface area contributed by atoms with Gasteiger partial charge in [0.05, 0.1) is 0 Å². The standard InChI is InChI=1S/C6H8/c1-3-6-4-5(6)2/h1,5-6H,4H2,2H3/t5-,6-/m0/s1. The molecule has 0 N–H and O–H groups in total. The molecule has 32 valence electrons. The van der Waals surface area contributed by atoms with Gasteiger partial charge >= 0.3 is 0 Å². The second-order valence-corrected chi connectivity index (χ2v) is 1.99. The second-order valence-electron chi connectivity index (χ2n) is 1.99. The van der Waals surface area contributed by atoms with Crippen LogP contribution in [0.15, 0.2) is 0 Å². The van der Waals surface area contributed by atoms with E-state index in [1.165, 1.54) is 6.42 Å². The number of terminal acetylenes is 1. The highest BCUT2D eigenvalue weighted by molar-refractivity contribution is 5.05. The zero-order chi connectivity index (χ0) is 4.57. The third-order valence-electron chi connectivity index (χ3n) is 1.32. The molecule has 0 unspecified atom stereocenters. The quantitative estimate of drug-likeness (QED) is 0.384. The predicted octanol–water partition coefficient (Wildman–Crippen LogP) is 1.28. The van der Waals surface area contributed by atoms with Crippen molar-refractivity contribution in [3.8, 4) is 12.3 Å². The molecule has 6 heavy (non-hydrogen) atoms. The normalized spacial score (nSPS) is 41.3. The lowest BCUT2D eigenvalue weighted by molar-refractivity contribution is 0.918. The van der Waals surface area contributed by atoms with Crippen LogP contribution in [0.3, 0.4) is 0 Å². The van der Waals surface area contributed by atoms with Gasteiger partial charge in [-0.1, -0.05) is 6.92 Å². The molecule has 1 rings (SSSR count). The highest BCUT2D eigenvalue weighted by Crippen LogP contribution is 2.36. The summed E-state index contributed by atoms with van der Waals surface area (Å²) in [7, 11) is 0. The van der Waals surface area contributed by atoms with E-state index in [4.69, 9.17) is 6.42 Å². The first-order chi connectivity index (χ1) is 2.84. The maximum atomic E-state index is 5.07. The van der Waals surface area contributed by atoms with Crippen LogP contribution in [0.1, 0.15) is 13.3 Å². The minimum atomic E-state index is 0.630. The van der Waals surface area contributed by atoms with Gasteiger partial charge in [-0.05, 0) is 12.3 Å². The minimum Gasteiger partial charge on any atom is -0.120 e. The van der Waals surface area contributed by atoms with E-state index in [1.807, 2.05) is 0 Å². The molecule has 0 aromatic carbocycles. The molecule has 0 spiro atoms. The number of hydrogen-bond donors (Lipinski definition) is 0. The molecule has 0 aliphatic heterocycles. The maximum Gasteiger partial charge on any atom is 0.0229 e. The lowest BCUT2D eigenvalue weighted by Crippen LogP contribution is -1.63. The first-order valence-corrected chi connectivity index (χ1v) is 2.30. The van der Waals surface area contributed by atoms with Crippen LogP contribution in [0.25, 0.3) is 0 Å². The summed E-state index contributed by atoms with van der Waals surface area (Å²) in [6.45, 7) is 2.19. The molecule has 1 aliphatic rings. The van der Waals surface area contributed by atoms with Crippen LogP contribution in [0, 0.1) is 24.2 Å². The predicted molar refractivity (Wildman–Crippen MR) is 26.1 cm³/mol. The Bertz CT molecular complexity index is 86.7. The summed E-state index contributed by atoms with van der Waals surface area (Å²) >= 11 is 0. The Morgan fingerprint density at radius 1 is 1.83 bits per heavy atom. The van der Waals surface area contributed by atoms with Gasteiger partial charge in [0.2, 0.25) is 0 Å². The Morgan fingerprint density at radius 2 is 2.33 bits per heavy atom. The van der Waals surface area contributed by atoms with E-state index in [2.05, 4.69) is 12.8 Å². The topological polar surface area (TPSA) is 0 Å². The van der Waals surface area contributed by atoms with Crippen LogP contribution < -0.4 is 0 Å². The summed E-state index contributed by atoms with van der Waals surface area (Å²) in [5.74, 6) is 4.15. The fraction of sp³-hybridized carbons (Fsp3) is 0.667. The number of rotatable bonds is 0. The smallest absolute Gasteiger partial charge is 0.0229 e. The average molecular weight is 80.1 g/mol. The lowest BCUT2D eigenvalue weighted by Gasteiger charge is -1.68. The summed E-state index contributed by atoms with van der Waals surface area (Å²) in [6.07, 6.45) is 6.33. The van der Waals surface area contributed by atoms with Crippen molar-refractivity contribution in [3.05, 3.63) is 0 Å². The van der Waals surface area contributed by atoms with Gasteiger partial charge in [-0.3, -0.25) is 0 Å². The SMILES string of the molecule is C#C[C@H]1C[C@@H]1C. The van der Waals surface area contributed by atoms with Crippen LogP contribution in [0.4, 0.5) is 0 Å². The van der Waals surface area contributed by atoms with Crippen molar-refractivity contribution >= 4 is 0 Å². The van der Waals surface area contributed by atoms with Crippen LogP contribution in [-0.4, -0.2) is 0 Å². The van der Waals surface area contributed by atoms with Gasteiger partial charge in [-0.2, -0.15) is 0 Å². The monoisotopic (exact) mass is 80.1 g/mol. The molecule has 1 fully saturated rings. The van der Waals surface area contributed by atoms with Gasteiger partial charge in [0, 0.05) is 5.92 Å². The Hall–Kier alpha value is -0.440. The van der Waals surface area contributed by atoms with Gasteiger partial charge in [0.15, 0.2) is 0 Å². The Kier molecular flexibility index (Phi) is 0.630. The van der Waals surface area contributed by atoms with Crippen LogP contribution in [0.5, 0.6) is 0 Å². The summed E-state index contributed by atoms with van der Waals surface area (Å²) in [6, 6.07) is 0. The van der Waals surface area contributed by atoms with Gasteiger partial charge in [0.1, 0.15) is 0 Å². The molecular weight excluding hydrogens is 72.1 g/mol. The molecule has 0 amide bonds. The molecule has 1 saturated carbocycles. The second kappa shape index (κ2) is 1.01. The van der Waals surface area contributed by atoms with Gasteiger partial charge in [-0.15, -0.1) is 12.3 Å². The van der Waals surface area contributed by atoms with Crippen LogP contribution in [0.2, 0.25) is 0 Å². The van der Waals surface area contributed by atoms with Gasteiger partial charge in [0.25, 0.3) is 0 Å². The van der Waals surface area contributed by atoms with Crippen LogP contribution in [-0.2, 0) is 0 Å². The van der Waals surface area contributed by atoms with E-state index >= 15 is 0 Å². The lowest BCUT2D eigenvalue weighted by atomic mass is 10.4. The first-order valence-electron chi connectivity index (χ1n) is 2.30. The van der Waals surface area contributed by atoms with Gasteiger partial charge < -0.3 is 0 Å². The zero-order valence-corrected chi connectivity index (χ0v) is 3.94. The van der Waals surface area contributed by atoms with E-state index in [0.717, 1.165) is 5.92 Å². The summed E-state index contributed by atoms with van der Waals surface area (Å²) < 4.78 is 0. The molecule has 0 aromatic rings. The fourth-order valence-corrected chi connectivity index (χ4v) is 0.554. The van der Waals surface area contributed by atoms with Crippen molar-refractivity contribution in [2.45, 2.75) is 13.3 Å². The van der Waals surface area contributed by atoms with E-state index in [1.54, 1.807) is 0 Å². The van der Waals surface area contributed by atoms with E-state index < -0.39 is 0 Å². The summed E-state index contributed by atoms with van der Waals surface area (Å²) in [5, 5.41) is 0. The maximum absolute atomic E-state index is 5.07. The van der Waals surface area contributed by atoms with E-state index in [9.17, 15) is 0 Å². The number of hydrogen-bond acceptors (Lipinski definition) is 0.